The minimum absolute atomic E-state index is 0.0406. The fourth-order valence-corrected chi connectivity index (χ4v) is 2.24. The van der Waals surface area contributed by atoms with E-state index in [0.717, 1.165) is 4.96 Å². The van der Waals surface area contributed by atoms with Crippen molar-refractivity contribution in [3.8, 4) is 0 Å². The normalized spacial score (nSPS) is 10.3. The number of nitrogens with zero attached hydrogens (tertiary/aromatic N) is 2. The van der Waals surface area contributed by atoms with Crippen molar-refractivity contribution in [1.29, 1.82) is 0 Å². The van der Waals surface area contributed by atoms with Crippen LogP contribution in [-0.2, 0) is 25.5 Å². The van der Waals surface area contributed by atoms with Gasteiger partial charge in [0.15, 0.2) is 11.6 Å². The first-order valence-electron chi connectivity index (χ1n) is 6.11. The highest BCUT2D eigenvalue weighted by atomic mass is 32.1. The van der Waals surface area contributed by atoms with Gasteiger partial charge in [0.25, 0.3) is 5.91 Å². The van der Waals surface area contributed by atoms with Gasteiger partial charge in [-0.3, -0.25) is 19.3 Å². The number of imidazole rings is 1. The standard InChI is InChI=1S/C12H13N3O5S/c1-2-19-12(18)14-9(16)7-20-10(17)5-8-6-15-3-4-21-11(15)13-8/h3-4,6H,2,5,7H2,1H3,(H,14,16,18). The van der Waals surface area contributed by atoms with Crippen LogP contribution in [0.25, 0.3) is 4.96 Å². The number of thiazole rings is 1. The molecule has 0 bridgehead atoms. The smallest absolute Gasteiger partial charge is 0.413 e. The SMILES string of the molecule is CCOC(=O)NC(=O)COC(=O)Cc1cn2ccsc2n1. The average Bonchev–Trinajstić information content (AvgIpc) is 2.97. The summed E-state index contributed by atoms with van der Waals surface area (Å²) in [5, 5.41) is 3.80. The molecule has 1 N–H and O–H groups in total. The van der Waals surface area contributed by atoms with Crippen molar-refractivity contribution in [3.05, 3.63) is 23.5 Å². The van der Waals surface area contributed by atoms with Crippen LogP contribution in [0.2, 0.25) is 0 Å². The molecule has 112 valence electrons. The summed E-state index contributed by atoms with van der Waals surface area (Å²) in [6, 6.07) is 0. The highest BCUT2D eigenvalue weighted by Gasteiger charge is 2.13. The monoisotopic (exact) mass is 311 g/mol. The molecule has 0 aliphatic heterocycles. The number of alkyl carbamates (subject to hydrolysis) is 1. The number of hydrogen-bond donors (Lipinski definition) is 1. The Balaban J connectivity index is 1.75. The number of rotatable bonds is 5. The lowest BCUT2D eigenvalue weighted by Crippen LogP contribution is -2.34. The first-order valence-corrected chi connectivity index (χ1v) is 6.99. The molecule has 0 fully saturated rings. The third kappa shape index (κ3) is 4.28. The van der Waals surface area contributed by atoms with Crippen LogP contribution >= 0.6 is 11.3 Å². The van der Waals surface area contributed by atoms with E-state index in [-0.39, 0.29) is 13.0 Å². The number of ether oxygens (including phenoxy) is 2. The lowest BCUT2D eigenvalue weighted by atomic mass is 10.3. The summed E-state index contributed by atoms with van der Waals surface area (Å²) in [6.07, 6.45) is 2.63. The second kappa shape index (κ2) is 6.84. The maximum Gasteiger partial charge on any atom is 0.413 e. The molecule has 2 aromatic heterocycles. The van der Waals surface area contributed by atoms with E-state index in [9.17, 15) is 14.4 Å². The average molecular weight is 311 g/mol. The molecular weight excluding hydrogens is 298 g/mol. The Labute approximate surface area is 123 Å². The van der Waals surface area contributed by atoms with Gasteiger partial charge in [-0.05, 0) is 6.92 Å². The van der Waals surface area contributed by atoms with Gasteiger partial charge < -0.3 is 9.47 Å². The quantitative estimate of drug-likeness (QED) is 0.818. The highest BCUT2D eigenvalue weighted by molar-refractivity contribution is 7.15. The topological polar surface area (TPSA) is 99.0 Å². The molecule has 2 heterocycles. The van der Waals surface area contributed by atoms with E-state index in [1.54, 1.807) is 17.5 Å². The molecule has 0 radical (unpaired) electrons. The molecule has 0 atom stereocenters. The molecule has 2 rings (SSSR count). The van der Waals surface area contributed by atoms with Crippen LogP contribution in [0.3, 0.4) is 0 Å². The third-order valence-electron chi connectivity index (χ3n) is 2.35. The Hall–Kier alpha value is -2.42. The van der Waals surface area contributed by atoms with Crippen LogP contribution in [0.4, 0.5) is 4.79 Å². The summed E-state index contributed by atoms with van der Waals surface area (Å²) in [5.74, 6) is -1.34. The van der Waals surface area contributed by atoms with Crippen molar-refractivity contribution < 1.29 is 23.9 Å². The van der Waals surface area contributed by atoms with Crippen molar-refractivity contribution in [2.24, 2.45) is 0 Å². The van der Waals surface area contributed by atoms with Crippen LogP contribution in [0.5, 0.6) is 0 Å². The number of nitrogens with one attached hydrogen (secondary N) is 1. The molecule has 8 nitrogen and oxygen atoms in total. The number of aromatic nitrogens is 2. The molecule has 0 aliphatic rings. The number of imide groups is 1. The van der Waals surface area contributed by atoms with Gasteiger partial charge in [-0.15, -0.1) is 11.3 Å². The van der Waals surface area contributed by atoms with Crippen LogP contribution in [-0.4, -0.2) is 40.6 Å². The summed E-state index contributed by atoms with van der Waals surface area (Å²) in [7, 11) is 0. The molecule has 0 saturated heterocycles. The van der Waals surface area contributed by atoms with Gasteiger partial charge in [-0.1, -0.05) is 0 Å². The number of fused-ring (bicyclic) bond motifs is 1. The van der Waals surface area contributed by atoms with Crippen molar-refractivity contribution >= 4 is 34.3 Å². The van der Waals surface area contributed by atoms with Gasteiger partial charge in [0.2, 0.25) is 0 Å². The van der Waals surface area contributed by atoms with Crippen LogP contribution in [0, 0.1) is 0 Å². The Morgan fingerprint density at radius 2 is 2.19 bits per heavy atom. The molecule has 0 saturated carbocycles. The van der Waals surface area contributed by atoms with Crippen molar-refractivity contribution in [2.75, 3.05) is 13.2 Å². The Morgan fingerprint density at radius 3 is 2.90 bits per heavy atom. The zero-order valence-corrected chi connectivity index (χ0v) is 12.0. The molecular formula is C12H13N3O5S. The minimum atomic E-state index is -0.868. The summed E-state index contributed by atoms with van der Waals surface area (Å²) in [6.45, 7) is 1.22. The Morgan fingerprint density at radius 1 is 1.38 bits per heavy atom. The van der Waals surface area contributed by atoms with Crippen molar-refractivity contribution in [1.82, 2.24) is 14.7 Å². The second-order valence-electron chi connectivity index (χ2n) is 3.93. The van der Waals surface area contributed by atoms with E-state index in [2.05, 4.69) is 9.72 Å². The first kappa shape index (κ1) is 15.0. The molecule has 21 heavy (non-hydrogen) atoms. The van der Waals surface area contributed by atoms with E-state index >= 15 is 0 Å². The predicted octanol–water partition coefficient (Wildman–Crippen LogP) is 0.754. The van der Waals surface area contributed by atoms with Gasteiger partial charge >= 0.3 is 12.1 Å². The summed E-state index contributed by atoms with van der Waals surface area (Å²) in [5.41, 5.74) is 0.553. The minimum Gasteiger partial charge on any atom is -0.455 e. The number of hydrogen-bond acceptors (Lipinski definition) is 7. The highest BCUT2D eigenvalue weighted by Crippen LogP contribution is 2.11. The molecule has 0 spiro atoms. The predicted molar refractivity (Wildman–Crippen MR) is 72.9 cm³/mol. The van der Waals surface area contributed by atoms with Gasteiger partial charge in [0.05, 0.1) is 18.7 Å². The van der Waals surface area contributed by atoms with E-state index in [1.165, 1.54) is 11.3 Å². The number of amides is 2. The Kier molecular flexibility index (Phi) is 4.88. The van der Waals surface area contributed by atoms with Gasteiger partial charge in [-0.25, -0.2) is 9.78 Å². The molecule has 0 aliphatic carbocycles. The number of carbonyl (C=O) groups excluding carboxylic acids is 3. The van der Waals surface area contributed by atoms with Gasteiger partial charge in [-0.2, -0.15) is 0 Å². The number of carbonyl (C=O) groups is 3. The largest absolute Gasteiger partial charge is 0.455 e. The van der Waals surface area contributed by atoms with E-state index in [1.807, 2.05) is 16.9 Å². The zero-order valence-electron chi connectivity index (χ0n) is 11.2. The summed E-state index contributed by atoms with van der Waals surface area (Å²) >= 11 is 1.45. The fraction of sp³-hybridized carbons (Fsp3) is 0.333. The molecule has 9 heteroatoms. The second-order valence-corrected chi connectivity index (χ2v) is 4.80. The lowest BCUT2D eigenvalue weighted by Gasteiger charge is -2.04. The van der Waals surface area contributed by atoms with E-state index in [4.69, 9.17) is 4.74 Å². The van der Waals surface area contributed by atoms with Crippen LogP contribution in [0.15, 0.2) is 17.8 Å². The third-order valence-corrected chi connectivity index (χ3v) is 3.12. The van der Waals surface area contributed by atoms with Gasteiger partial charge in [0, 0.05) is 17.8 Å². The van der Waals surface area contributed by atoms with Gasteiger partial charge in [0.1, 0.15) is 0 Å². The van der Waals surface area contributed by atoms with Crippen molar-refractivity contribution in [2.45, 2.75) is 13.3 Å². The lowest BCUT2D eigenvalue weighted by molar-refractivity contribution is -0.147. The first-order chi connectivity index (χ1) is 10.1. The number of esters is 1. The Bertz CT molecular complexity index is 634. The maximum absolute atomic E-state index is 11.6. The van der Waals surface area contributed by atoms with Crippen LogP contribution in [0.1, 0.15) is 12.6 Å². The maximum atomic E-state index is 11.6. The zero-order chi connectivity index (χ0) is 15.2. The molecule has 0 aromatic carbocycles. The molecule has 2 aromatic rings. The van der Waals surface area contributed by atoms with Crippen LogP contribution < -0.4 is 5.32 Å². The van der Waals surface area contributed by atoms with E-state index in [0.29, 0.717) is 5.69 Å². The summed E-state index contributed by atoms with van der Waals surface area (Å²) < 4.78 is 11.1. The van der Waals surface area contributed by atoms with E-state index < -0.39 is 24.6 Å². The molecule has 0 unspecified atom stereocenters. The fourth-order valence-electron chi connectivity index (χ4n) is 1.52. The van der Waals surface area contributed by atoms with Crippen molar-refractivity contribution in [3.63, 3.8) is 0 Å². The molecule has 2 amide bonds. The summed E-state index contributed by atoms with van der Waals surface area (Å²) in [4.78, 5) is 38.8.